The van der Waals surface area contributed by atoms with E-state index in [1.54, 1.807) is 6.20 Å². The highest BCUT2D eigenvalue weighted by atomic mass is 32.1. The first-order valence-corrected chi connectivity index (χ1v) is 9.33. The third-order valence-corrected chi connectivity index (χ3v) is 6.05. The lowest BCUT2D eigenvalue weighted by atomic mass is 10.1. The van der Waals surface area contributed by atoms with Crippen molar-refractivity contribution in [3.05, 3.63) is 73.1 Å². The van der Waals surface area contributed by atoms with Gasteiger partial charge in [0.2, 0.25) is 0 Å². The highest BCUT2D eigenvalue weighted by Gasteiger charge is 2.14. The number of fused-ring (bicyclic) bond motifs is 7. The molecule has 6 aromatic rings. The van der Waals surface area contributed by atoms with E-state index in [1.807, 2.05) is 29.7 Å². The van der Waals surface area contributed by atoms with Crippen molar-refractivity contribution in [1.82, 2.24) is 15.0 Å². The molecule has 4 heteroatoms. The van der Waals surface area contributed by atoms with Crippen LogP contribution in [0.4, 0.5) is 0 Å². The molecule has 0 atom stereocenters. The van der Waals surface area contributed by atoms with Gasteiger partial charge < -0.3 is 4.98 Å². The molecule has 26 heavy (non-hydrogen) atoms. The van der Waals surface area contributed by atoms with Gasteiger partial charge in [-0.05, 0) is 42.5 Å². The number of hydrogen-bond acceptors (Lipinski definition) is 3. The Kier molecular flexibility index (Phi) is 2.76. The van der Waals surface area contributed by atoms with Gasteiger partial charge in [-0.15, -0.1) is 11.3 Å². The molecule has 0 radical (unpaired) electrons. The van der Waals surface area contributed by atoms with Gasteiger partial charge >= 0.3 is 0 Å². The molecule has 0 saturated carbocycles. The first-order chi connectivity index (χ1) is 12.9. The molecule has 6 rings (SSSR count). The second kappa shape index (κ2) is 5.13. The number of nitrogens with zero attached hydrogens (tertiary/aromatic N) is 2. The predicted octanol–water partition coefficient (Wildman–Crippen LogP) is 6.15. The molecular weight excluding hydrogens is 338 g/mol. The van der Waals surface area contributed by atoms with Crippen molar-refractivity contribution in [3.8, 4) is 11.3 Å². The van der Waals surface area contributed by atoms with Crippen molar-refractivity contribution < 1.29 is 0 Å². The van der Waals surface area contributed by atoms with E-state index >= 15 is 0 Å². The Balaban J connectivity index is 1.73. The summed E-state index contributed by atoms with van der Waals surface area (Å²) in [6.07, 6.45) is 3.64. The molecule has 0 amide bonds. The molecule has 0 spiro atoms. The van der Waals surface area contributed by atoms with Crippen LogP contribution in [0.1, 0.15) is 0 Å². The van der Waals surface area contributed by atoms with Gasteiger partial charge in [0.15, 0.2) is 0 Å². The average molecular weight is 351 g/mol. The molecule has 0 aliphatic carbocycles. The molecule has 2 aromatic carbocycles. The molecule has 122 valence electrons. The lowest BCUT2D eigenvalue weighted by Crippen LogP contribution is -1.84. The Morgan fingerprint density at radius 2 is 1.77 bits per heavy atom. The number of thiophene rings is 1. The molecule has 4 aromatic heterocycles. The fourth-order valence-electron chi connectivity index (χ4n) is 3.72. The molecule has 0 bridgehead atoms. The largest absolute Gasteiger partial charge is 0.353 e. The van der Waals surface area contributed by atoms with Gasteiger partial charge in [-0.25, -0.2) is 4.98 Å². The topological polar surface area (TPSA) is 41.6 Å². The summed E-state index contributed by atoms with van der Waals surface area (Å²) in [4.78, 5) is 12.8. The normalized spacial score (nSPS) is 11.8. The van der Waals surface area contributed by atoms with Crippen LogP contribution in [0.5, 0.6) is 0 Å². The maximum absolute atomic E-state index is 4.94. The predicted molar refractivity (Wildman–Crippen MR) is 110 cm³/mol. The quantitative estimate of drug-likeness (QED) is 0.386. The van der Waals surface area contributed by atoms with Crippen molar-refractivity contribution >= 4 is 53.4 Å². The number of pyridine rings is 2. The lowest BCUT2D eigenvalue weighted by molar-refractivity contribution is 1.30. The third kappa shape index (κ3) is 1.87. The summed E-state index contributed by atoms with van der Waals surface area (Å²) in [5, 5.41) is 3.77. The smallest absolute Gasteiger partial charge is 0.0965 e. The molecular formula is C22H13N3S. The van der Waals surface area contributed by atoms with E-state index in [4.69, 9.17) is 4.98 Å². The van der Waals surface area contributed by atoms with Crippen molar-refractivity contribution in [2.75, 3.05) is 0 Å². The van der Waals surface area contributed by atoms with E-state index in [0.717, 1.165) is 22.3 Å². The maximum Gasteiger partial charge on any atom is 0.0965 e. The van der Waals surface area contributed by atoms with Crippen LogP contribution in [-0.2, 0) is 0 Å². The summed E-state index contributed by atoms with van der Waals surface area (Å²) in [5.74, 6) is 0. The highest BCUT2D eigenvalue weighted by Crippen LogP contribution is 2.40. The number of hydrogen-bond donors (Lipinski definition) is 1. The first-order valence-electron chi connectivity index (χ1n) is 8.51. The number of aromatic amines is 1. The zero-order valence-corrected chi connectivity index (χ0v) is 14.5. The molecule has 1 N–H and O–H groups in total. The highest BCUT2D eigenvalue weighted by molar-refractivity contribution is 7.26. The third-order valence-electron chi connectivity index (χ3n) is 4.91. The molecule has 3 nitrogen and oxygen atoms in total. The van der Waals surface area contributed by atoms with E-state index in [9.17, 15) is 0 Å². The van der Waals surface area contributed by atoms with Crippen LogP contribution in [-0.4, -0.2) is 15.0 Å². The summed E-state index contributed by atoms with van der Waals surface area (Å²) >= 11 is 1.84. The minimum Gasteiger partial charge on any atom is -0.353 e. The summed E-state index contributed by atoms with van der Waals surface area (Å²) in [7, 11) is 0. The fourth-order valence-corrected chi connectivity index (χ4v) is 4.83. The van der Waals surface area contributed by atoms with Gasteiger partial charge in [0.25, 0.3) is 0 Å². The molecule has 0 aliphatic rings. The Bertz CT molecular complexity index is 1430. The molecule has 0 aliphatic heterocycles. The van der Waals surface area contributed by atoms with Gasteiger partial charge in [-0.2, -0.15) is 0 Å². The van der Waals surface area contributed by atoms with E-state index in [-0.39, 0.29) is 0 Å². The number of benzene rings is 2. The maximum atomic E-state index is 4.94. The van der Waals surface area contributed by atoms with E-state index in [2.05, 4.69) is 58.5 Å². The van der Waals surface area contributed by atoms with Crippen LogP contribution in [0, 0.1) is 0 Å². The zero-order valence-electron chi connectivity index (χ0n) is 13.7. The molecule has 0 fully saturated rings. The van der Waals surface area contributed by atoms with E-state index in [1.165, 1.54) is 31.1 Å². The molecule has 0 unspecified atom stereocenters. The van der Waals surface area contributed by atoms with Gasteiger partial charge in [0.1, 0.15) is 0 Å². The second-order valence-electron chi connectivity index (χ2n) is 6.42. The average Bonchev–Trinajstić information content (AvgIpc) is 3.26. The SMILES string of the molecule is c1cncc(-c2ccc3[nH]c4c(ccc5sc6ccccc6c54)c3n2)c1. The Labute approximate surface area is 153 Å². The Hall–Kier alpha value is -3.24. The summed E-state index contributed by atoms with van der Waals surface area (Å²) in [6.45, 7) is 0. The number of aromatic nitrogens is 3. The molecule has 4 heterocycles. The second-order valence-corrected chi connectivity index (χ2v) is 7.50. The van der Waals surface area contributed by atoms with E-state index < -0.39 is 0 Å². The van der Waals surface area contributed by atoms with Crippen molar-refractivity contribution in [2.45, 2.75) is 0 Å². The van der Waals surface area contributed by atoms with Gasteiger partial charge in [-0.3, -0.25) is 4.98 Å². The van der Waals surface area contributed by atoms with Crippen molar-refractivity contribution in [2.24, 2.45) is 0 Å². The minimum absolute atomic E-state index is 0.946. The fraction of sp³-hybridized carbons (Fsp3) is 0. The summed E-state index contributed by atoms with van der Waals surface area (Å²) in [6, 6.07) is 21.2. The van der Waals surface area contributed by atoms with Crippen LogP contribution in [0.25, 0.3) is 53.4 Å². The standard InChI is InChI=1S/C22H13N3S/c1-2-6-18-14(5-1)20-19(26-18)10-7-15-21-17(25-22(15)20)9-8-16(24-21)13-4-3-11-23-12-13/h1-12,25H. The Morgan fingerprint density at radius 1 is 0.808 bits per heavy atom. The van der Waals surface area contributed by atoms with Crippen LogP contribution < -0.4 is 0 Å². The van der Waals surface area contributed by atoms with Gasteiger partial charge in [-0.1, -0.05) is 18.2 Å². The minimum atomic E-state index is 0.946. The monoisotopic (exact) mass is 351 g/mol. The number of rotatable bonds is 1. The number of nitrogens with one attached hydrogen (secondary N) is 1. The number of H-pyrrole nitrogens is 1. The summed E-state index contributed by atoms with van der Waals surface area (Å²) in [5.41, 5.74) is 5.23. The Morgan fingerprint density at radius 3 is 2.69 bits per heavy atom. The summed E-state index contributed by atoms with van der Waals surface area (Å²) < 4.78 is 2.62. The van der Waals surface area contributed by atoms with Gasteiger partial charge in [0.05, 0.1) is 22.2 Å². The van der Waals surface area contributed by atoms with E-state index in [0.29, 0.717) is 0 Å². The molecule has 0 saturated heterocycles. The van der Waals surface area contributed by atoms with Crippen LogP contribution >= 0.6 is 11.3 Å². The van der Waals surface area contributed by atoms with Gasteiger partial charge in [0, 0.05) is 43.5 Å². The van der Waals surface area contributed by atoms with Crippen molar-refractivity contribution in [3.63, 3.8) is 0 Å². The van der Waals surface area contributed by atoms with Crippen molar-refractivity contribution in [1.29, 1.82) is 0 Å². The van der Waals surface area contributed by atoms with Crippen LogP contribution in [0.15, 0.2) is 73.1 Å². The zero-order chi connectivity index (χ0) is 17.1. The first kappa shape index (κ1) is 14.0. The lowest BCUT2D eigenvalue weighted by Gasteiger charge is -2.00. The van der Waals surface area contributed by atoms with Crippen LogP contribution in [0.2, 0.25) is 0 Å². The van der Waals surface area contributed by atoms with Crippen LogP contribution in [0.3, 0.4) is 0 Å².